The number of hydrogen-bond acceptors (Lipinski definition) is 5. The summed E-state index contributed by atoms with van der Waals surface area (Å²) in [7, 11) is 0. The lowest BCUT2D eigenvalue weighted by Crippen LogP contribution is -2.53. The molecule has 120 valence electrons. The second-order valence-electron chi connectivity index (χ2n) is 5.66. The van der Waals surface area contributed by atoms with E-state index in [-0.39, 0.29) is 24.1 Å². The second kappa shape index (κ2) is 6.25. The quantitative estimate of drug-likeness (QED) is 0.639. The number of carbonyl (C=O) groups is 2. The maximum atomic E-state index is 12.0. The molecule has 1 saturated heterocycles. The van der Waals surface area contributed by atoms with Gasteiger partial charge in [-0.3, -0.25) is 10.2 Å². The van der Waals surface area contributed by atoms with Crippen molar-refractivity contribution in [3.63, 3.8) is 0 Å². The first-order valence-electron chi connectivity index (χ1n) is 6.19. The third-order valence-electron chi connectivity index (χ3n) is 2.58. The number of nitrogens with one attached hydrogen (secondary N) is 1. The minimum atomic E-state index is -4.87. The summed E-state index contributed by atoms with van der Waals surface area (Å²) in [4.78, 5) is 23.7. The van der Waals surface area contributed by atoms with E-state index in [1.165, 1.54) is 4.90 Å². The number of likely N-dealkylation sites (tertiary alicyclic amines) is 1. The molecule has 1 aliphatic rings. The van der Waals surface area contributed by atoms with Crippen LogP contribution in [0.2, 0.25) is 0 Å². The van der Waals surface area contributed by atoms with E-state index in [0.29, 0.717) is 11.8 Å². The molecule has 21 heavy (non-hydrogen) atoms. The molecule has 9 heteroatoms. The molecule has 0 aromatic heterocycles. The van der Waals surface area contributed by atoms with Gasteiger partial charge in [0.05, 0.1) is 10.8 Å². The molecule has 0 saturated carbocycles. The second-order valence-corrected chi connectivity index (χ2v) is 6.67. The number of nitrogens with zero attached hydrogens (tertiary/aromatic N) is 1. The molecular weight excluding hydrogens is 309 g/mol. The molecule has 0 unspecified atom stereocenters. The molecule has 1 fully saturated rings. The van der Waals surface area contributed by atoms with Crippen molar-refractivity contribution in [1.82, 2.24) is 4.90 Å². The van der Waals surface area contributed by atoms with Crippen LogP contribution >= 0.6 is 11.8 Å². The van der Waals surface area contributed by atoms with E-state index in [0.717, 1.165) is 0 Å². The largest absolute Gasteiger partial charge is 0.450 e. The highest BCUT2D eigenvalue weighted by Crippen LogP contribution is 2.26. The Morgan fingerprint density at radius 1 is 1.29 bits per heavy atom. The Bertz CT molecular complexity index is 440. The minimum absolute atomic E-state index is 0.0209. The molecule has 0 radical (unpaired) electrons. The summed E-state index contributed by atoms with van der Waals surface area (Å²) in [5.41, 5.74) is -0.621. The van der Waals surface area contributed by atoms with E-state index in [1.54, 1.807) is 20.8 Å². The van der Waals surface area contributed by atoms with Crippen molar-refractivity contribution in [1.29, 1.82) is 5.41 Å². The maximum absolute atomic E-state index is 12.0. The molecular formula is C12H17F3N2O3S. The van der Waals surface area contributed by atoms with Gasteiger partial charge in [0.2, 0.25) is 5.78 Å². The van der Waals surface area contributed by atoms with Gasteiger partial charge in [0.1, 0.15) is 5.60 Å². The monoisotopic (exact) mass is 326 g/mol. The summed E-state index contributed by atoms with van der Waals surface area (Å²) >= 11 is 0.557. The van der Waals surface area contributed by atoms with E-state index < -0.39 is 29.4 Å². The number of halogens is 3. The highest BCUT2D eigenvalue weighted by Gasteiger charge is 2.40. The highest BCUT2D eigenvalue weighted by molar-refractivity contribution is 8.14. The van der Waals surface area contributed by atoms with E-state index in [1.807, 2.05) is 0 Å². The van der Waals surface area contributed by atoms with Gasteiger partial charge in [-0.25, -0.2) is 4.79 Å². The lowest BCUT2D eigenvalue weighted by Gasteiger charge is -2.39. The number of thioether (sulfide) groups is 1. The van der Waals surface area contributed by atoms with Crippen LogP contribution in [0.5, 0.6) is 0 Å². The molecule has 0 atom stereocenters. The highest BCUT2D eigenvalue weighted by atomic mass is 32.2. The summed E-state index contributed by atoms with van der Waals surface area (Å²) in [6.45, 7) is 5.62. The standard InChI is InChI=1S/C12H17F3N2O3S/c1-11(2,3)20-10(19)17-4-7(5-17)9(16)21-6-8(18)12(13,14)15/h7,16H,4-6H2,1-3H3. The van der Waals surface area contributed by atoms with Gasteiger partial charge in [-0.2, -0.15) is 13.2 Å². The Labute approximate surface area is 124 Å². The van der Waals surface area contributed by atoms with Crippen LogP contribution in [-0.4, -0.2) is 52.4 Å². The molecule has 5 nitrogen and oxygen atoms in total. The number of Topliss-reactive ketones (excluding diaryl/α,β-unsaturated/α-hetero) is 1. The van der Waals surface area contributed by atoms with Crippen molar-refractivity contribution in [3.05, 3.63) is 0 Å². The van der Waals surface area contributed by atoms with Gasteiger partial charge in [-0.1, -0.05) is 0 Å². The zero-order valence-electron chi connectivity index (χ0n) is 11.9. The van der Waals surface area contributed by atoms with Crippen LogP contribution in [0, 0.1) is 11.3 Å². The molecule has 0 bridgehead atoms. The number of rotatable bonds is 3. The zero-order valence-corrected chi connectivity index (χ0v) is 12.7. The van der Waals surface area contributed by atoms with Crippen molar-refractivity contribution >= 4 is 28.7 Å². The molecule has 1 heterocycles. The Morgan fingerprint density at radius 2 is 1.81 bits per heavy atom. The molecule has 1 rings (SSSR count). The Balaban J connectivity index is 2.32. The first-order chi connectivity index (χ1) is 9.40. The summed E-state index contributed by atoms with van der Waals surface area (Å²) < 4.78 is 41.2. The predicted octanol–water partition coefficient (Wildman–Crippen LogP) is 2.70. The Kier molecular flexibility index (Phi) is 5.30. The Morgan fingerprint density at radius 3 is 2.24 bits per heavy atom. The average Bonchev–Trinajstić information content (AvgIpc) is 2.19. The maximum Gasteiger partial charge on any atom is 0.450 e. The normalized spacial score (nSPS) is 16.4. The van der Waals surface area contributed by atoms with Gasteiger partial charge in [0.15, 0.2) is 0 Å². The van der Waals surface area contributed by atoms with Gasteiger partial charge < -0.3 is 9.64 Å². The van der Waals surface area contributed by atoms with Crippen LogP contribution in [0.15, 0.2) is 0 Å². The van der Waals surface area contributed by atoms with E-state index in [9.17, 15) is 22.8 Å². The number of alkyl halides is 3. The minimum Gasteiger partial charge on any atom is -0.444 e. The average molecular weight is 326 g/mol. The molecule has 0 aromatic rings. The summed E-state index contributed by atoms with van der Waals surface area (Å²) in [6.07, 6.45) is -5.38. The van der Waals surface area contributed by atoms with E-state index >= 15 is 0 Å². The van der Waals surface area contributed by atoms with Gasteiger partial charge in [0, 0.05) is 19.0 Å². The lowest BCUT2D eigenvalue weighted by molar-refractivity contribution is -0.167. The van der Waals surface area contributed by atoms with Crippen molar-refractivity contribution in [2.45, 2.75) is 32.5 Å². The third-order valence-corrected chi connectivity index (χ3v) is 3.63. The number of hydrogen-bond donors (Lipinski definition) is 1. The van der Waals surface area contributed by atoms with Crippen molar-refractivity contribution in [2.75, 3.05) is 18.8 Å². The van der Waals surface area contributed by atoms with Crippen molar-refractivity contribution in [2.24, 2.45) is 5.92 Å². The van der Waals surface area contributed by atoms with Crippen molar-refractivity contribution < 1.29 is 27.5 Å². The smallest absolute Gasteiger partial charge is 0.444 e. The van der Waals surface area contributed by atoms with Crippen LogP contribution in [0.3, 0.4) is 0 Å². The van der Waals surface area contributed by atoms with Crippen LogP contribution in [0.1, 0.15) is 20.8 Å². The Hall–Kier alpha value is -1.25. The molecule has 0 spiro atoms. The van der Waals surface area contributed by atoms with Crippen LogP contribution in [-0.2, 0) is 9.53 Å². The number of ketones is 1. The fourth-order valence-corrected chi connectivity index (χ4v) is 2.30. The lowest BCUT2D eigenvalue weighted by atomic mass is 10.0. The van der Waals surface area contributed by atoms with Crippen LogP contribution < -0.4 is 0 Å². The summed E-state index contributed by atoms with van der Waals surface area (Å²) in [6, 6.07) is 0. The van der Waals surface area contributed by atoms with Crippen LogP contribution in [0.25, 0.3) is 0 Å². The van der Waals surface area contributed by atoms with E-state index in [4.69, 9.17) is 10.1 Å². The van der Waals surface area contributed by atoms with Gasteiger partial charge in [0.25, 0.3) is 0 Å². The van der Waals surface area contributed by atoms with E-state index in [2.05, 4.69) is 0 Å². The SMILES string of the molecule is CC(C)(C)OC(=O)N1CC(C(=N)SCC(=O)C(F)(F)F)C1. The number of ether oxygens (including phenoxy) is 1. The van der Waals surface area contributed by atoms with Gasteiger partial charge in [-0.05, 0) is 20.8 Å². The van der Waals surface area contributed by atoms with Crippen molar-refractivity contribution in [3.8, 4) is 0 Å². The van der Waals surface area contributed by atoms with Gasteiger partial charge in [-0.15, -0.1) is 11.8 Å². The molecule has 1 aliphatic heterocycles. The first kappa shape index (κ1) is 17.8. The summed E-state index contributed by atoms with van der Waals surface area (Å²) in [5, 5.41) is 7.60. The fourth-order valence-electron chi connectivity index (χ4n) is 1.46. The molecule has 0 aliphatic carbocycles. The number of amides is 1. The topological polar surface area (TPSA) is 70.5 Å². The van der Waals surface area contributed by atoms with Crippen LogP contribution in [0.4, 0.5) is 18.0 Å². The number of carbonyl (C=O) groups excluding carboxylic acids is 2. The summed E-state index contributed by atoms with van der Waals surface area (Å²) in [5.74, 6) is -2.99. The predicted molar refractivity (Wildman–Crippen MR) is 72.5 cm³/mol. The zero-order chi connectivity index (χ0) is 16.4. The fraction of sp³-hybridized carbons (Fsp3) is 0.750. The third kappa shape index (κ3) is 5.56. The molecule has 0 aromatic carbocycles. The first-order valence-corrected chi connectivity index (χ1v) is 7.18. The van der Waals surface area contributed by atoms with Gasteiger partial charge >= 0.3 is 12.3 Å². The molecule has 1 N–H and O–H groups in total. The molecule has 1 amide bonds.